The molecule has 0 bridgehead atoms. The number of nitrogens with zero attached hydrogens (tertiary/aromatic N) is 1. The Labute approximate surface area is 329 Å². The first-order valence-electron chi connectivity index (χ1n) is 20.7. The van der Waals surface area contributed by atoms with Crippen LogP contribution < -0.4 is 0 Å². The van der Waals surface area contributed by atoms with Crippen LogP contribution >= 0.6 is 23.5 Å². The minimum Gasteiger partial charge on any atom is -0.313 e. The van der Waals surface area contributed by atoms with Gasteiger partial charge in [-0.2, -0.15) is 0 Å². The van der Waals surface area contributed by atoms with Gasteiger partial charge in [0.05, 0.1) is 5.52 Å². The van der Waals surface area contributed by atoms with Crippen LogP contribution in [0.5, 0.6) is 0 Å². The molecule has 8 aliphatic rings. The zero-order valence-corrected chi connectivity index (χ0v) is 32.8. The maximum atomic E-state index is 2.67. The molecule has 0 N–H and O–H groups in total. The molecule has 1 nitrogen and oxygen atoms in total. The van der Waals surface area contributed by atoms with Crippen molar-refractivity contribution in [2.75, 3.05) is 0 Å². The van der Waals surface area contributed by atoms with E-state index in [0.717, 1.165) is 32.1 Å². The third-order valence-electron chi connectivity index (χ3n) is 13.6. The van der Waals surface area contributed by atoms with E-state index in [-0.39, 0.29) is 0 Å². The zero-order valence-electron chi connectivity index (χ0n) is 31.2. The molecule has 54 heavy (non-hydrogen) atoms. The van der Waals surface area contributed by atoms with Crippen LogP contribution in [0.25, 0.3) is 33.8 Å². The first-order chi connectivity index (χ1) is 26.7. The van der Waals surface area contributed by atoms with Crippen molar-refractivity contribution in [3.63, 3.8) is 0 Å². The number of aromatic nitrogens is 1. The fourth-order valence-corrected chi connectivity index (χ4v) is 14.8. The molecule has 11 rings (SSSR count). The topological polar surface area (TPSA) is 4.93 Å². The number of rotatable bonds is 4. The molecule has 0 amide bonds. The van der Waals surface area contributed by atoms with Crippen molar-refractivity contribution in [1.82, 2.24) is 4.57 Å². The lowest BCUT2D eigenvalue weighted by Gasteiger charge is -2.56. The lowest BCUT2D eigenvalue weighted by Crippen LogP contribution is -2.51. The van der Waals surface area contributed by atoms with Crippen LogP contribution in [-0.2, 0) is 6.42 Å². The van der Waals surface area contributed by atoms with Crippen molar-refractivity contribution < 1.29 is 0 Å². The highest BCUT2D eigenvalue weighted by Gasteiger charge is 2.54. The second-order valence-electron chi connectivity index (χ2n) is 16.7. The summed E-state index contributed by atoms with van der Waals surface area (Å²) in [5.74, 6) is 3.15. The maximum absolute atomic E-state index is 2.67. The Morgan fingerprint density at radius 3 is 2.48 bits per heavy atom. The van der Waals surface area contributed by atoms with Crippen molar-refractivity contribution in [2.45, 2.75) is 67.6 Å². The van der Waals surface area contributed by atoms with Gasteiger partial charge in [0.15, 0.2) is 0 Å². The highest BCUT2D eigenvalue weighted by atomic mass is 32.2. The van der Waals surface area contributed by atoms with E-state index in [4.69, 9.17) is 0 Å². The van der Waals surface area contributed by atoms with Gasteiger partial charge >= 0.3 is 0 Å². The molecule has 0 saturated carbocycles. The second-order valence-corrected chi connectivity index (χ2v) is 19.4. The van der Waals surface area contributed by atoms with E-state index < -0.39 is 0 Å². The second kappa shape index (κ2) is 13.7. The normalized spacial score (nSPS) is 33.4. The van der Waals surface area contributed by atoms with Gasteiger partial charge in [-0.3, -0.25) is 0 Å². The minimum absolute atomic E-state index is 0.421. The molecule has 3 heterocycles. The molecule has 0 spiro atoms. The predicted molar refractivity (Wildman–Crippen MR) is 235 cm³/mol. The summed E-state index contributed by atoms with van der Waals surface area (Å²) in [6.07, 6.45) is 45.6. The van der Waals surface area contributed by atoms with Crippen molar-refractivity contribution in [2.24, 2.45) is 35.5 Å². The van der Waals surface area contributed by atoms with Crippen LogP contribution in [0.3, 0.4) is 0 Å². The number of hydrogen-bond acceptors (Lipinski definition) is 2. The predicted octanol–water partition coefficient (Wildman–Crippen LogP) is 13.3. The number of benzene rings is 2. The van der Waals surface area contributed by atoms with Gasteiger partial charge in [0.1, 0.15) is 0 Å². The van der Waals surface area contributed by atoms with Gasteiger partial charge in [0.2, 0.25) is 0 Å². The Hall–Kier alpha value is -3.92. The highest BCUT2D eigenvalue weighted by molar-refractivity contribution is 8.04. The lowest BCUT2D eigenvalue weighted by molar-refractivity contribution is 0.176. The van der Waals surface area contributed by atoms with E-state index in [2.05, 4.69) is 175 Å². The Morgan fingerprint density at radius 2 is 1.57 bits per heavy atom. The number of allylic oxidation sites excluding steroid dienone is 16. The first-order valence-corrected chi connectivity index (χ1v) is 22.5. The van der Waals surface area contributed by atoms with Crippen LogP contribution in [0, 0.1) is 35.5 Å². The van der Waals surface area contributed by atoms with Gasteiger partial charge in [-0.25, -0.2) is 0 Å². The summed E-state index contributed by atoms with van der Waals surface area (Å²) in [4.78, 5) is 1.56. The summed E-state index contributed by atoms with van der Waals surface area (Å²) in [5.41, 5.74) is 13.0. The van der Waals surface area contributed by atoms with Crippen molar-refractivity contribution in [3.8, 4) is 0 Å². The van der Waals surface area contributed by atoms with Gasteiger partial charge in [-0.1, -0.05) is 128 Å². The highest BCUT2D eigenvalue weighted by Crippen LogP contribution is 2.63. The molecule has 1 aromatic heterocycles. The molecule has 2 fully saturated rings. The van der Waals surface area contributed by atoms with E-state index in [9.17, 15) is 0 Å². The quantitative estimate of drug-likeness (QED) is 0.263. The molecule has 2 saturated heterocycles. The van der Waals surface area contributed by atoms with Gasteiger partial charge in [0, 0.05) is 54.8 Å². The largest absolute Gasteiger partial charge is 0.313 e. The minimum atomic E-state index is 0.421. The van der Waals surface area contributed by atoms with Gasteiger partial charge in [0.25, 0.3) is 0 Å². The number of hydrogen-bond donors (Lipinski definition) is 0. The van der Waals surface area contributed by atoms with Crippen LogP contribution in [0.4, 0.5) is 0 Å². The third kappa shape index (κ3) is 5.51. The molecule has 9 atom stereocenters. The molecule has 2 aromatic carbocycles. The SMILES string of the molecule is CC1C=C(c2ccccc2)C2C(C1)SC1C=CC=CC1C2C1C2=CCCC=C2SC2C=C(c3ccc4c(c3)c3c(n4C4=CCCC=C4)CCC=C3)C=CC21. The van der Waals surface area contributed by atoms with Crippen LogP contribution in [0.1, 0.15) is 67.8 Å². The monoisotopic (exact) mass is 739 g/mol. The first kappa shape index (κ1) is 33.4. The summed E-state index contributed by atoms with van der Waals surface area (Å²) in [5, 5.41) is 2.99. The van der Waals surface area contributed by atoms with Gasteiger partial charge in [-0.15, -0.1) is 23.5 Å². The Bertz CT molecular complexity index is 2330. The van der Waals surface area contributed by atoms with Crippen LogP contribution in [-0.4, -0.2) is 20.3 Å². The summed E-state index contributed by atoms with van der Waals surface area (Å²) in [6.45, 7) is 2.45. The molecule has 2 aliphatic heterocycles. The van der Waals surface area contributed by atoms with E-state index in [1.54, 1.807) is 16.1 Å². The number of thioether (sulfide) groups is 2. The standard InChI is InChI=1S/C51H49NS2/c1-32-28-41(33-14-4-2-5-15-33)50-48(29-32)54-46-23-13-10-20-39(46)51(50)49-38-19-9-12-22-45(38)53-47-31-35(24-26-40(47)49)34-25-27-44-42(30-34)37-18-8-11-21-43(37)52(44)36-16-6-3-7-17-36/h2,4-6,8,10,13-20,22-28,30-32,39-40,46-51H,3,7,9,11-12,21,29H2,1H3. The summed E-state index contributed by atoms with van der Waals surface area (Å²) in [6, 6.07) is 18.8. The molecule has 6 aliphatic carbocycles. The zero-order chi connectivity index (χ0) is 35.8. The molecule has 0 radical (unpaired) electrons. The van der Waals surface area contributed by atoms with Crippen molar-refractivity contribution >= 4 is 57.3 Å². The molecule has 270 valence electrons. The summed E-state index contributed by atoms with van der Waals surface area (Å²) < 4.78 is 2.56. The lowest BCUT2D eigenvalue weighted by atomic mass is 9.58. The van der Waals surface area contributed by atoms with Gasteiger partial charge in [-0.05, 0) is 115 Å². The van der Waals surface area contributed by atoms with Crippen molar-refractivity contribution in [3.05, 3.63) is 166 Å². The molecule has 9 unspecified atom stereocenters. The summed E-state index contributed by atoms with van der Waals surface area (Å²) >= 11 is 4.44. The van der Waals surface area contributed by atoms with Crippen LogP contribution in [0.2, 0.25) is 0 Å². The Balaban J connectivity index is 1.01. The van der Waals surface area contributed by atoms with E-state index in [1.165, 1.54) is 57.4 Å². The van der Waals surface area contributed by atoms with Crippen molar-refractivity contribution in [1.29, 1.82) is 0 Å². The smallest absolute Gasteiger partial charge is 0.0538 e. The molecular formula is C51H49NS2. The maximum Gasteiger partial charge on any atom is 0.0538 e. The Morgan fingerprint density at radius 1 is 0.704 bits per heavy atom. The molecular weight excluding hydrogens is 691 g/mol. The van der Waals surface area contributed by atoms with E-state index in [0.29, 0.717) is 51.3 Å². The molecule has 3 heteroatoms. The van der Waals surface area contributed by atoms with E-state index >= 15 is 0 Å². The third-order valence-corrected chi connectivity index (χ3v) is 16.6. The fraction of sp³-hybridized carbons (Fsp3) is 0.333. The number of fused-ring (bicyclic) bond motifs is 7. The van der Waals surface area contributed by atoms with Crippen LogP contribution in [0.15, 0.2) is 144 Å². The fourth-order valence-electron chi connectivity index (χ4n) is 11.4. The average molecular weight is 740 g/mol. The molecule has 3 aromatic rings. The average Bonchev–Trinajstić information content (AvgIpc) is 3.56. The van der Waals surface area contributed by atoms with Gasteiger partial charge < -0.3 is 4.57 Å². The van der Waals surface area contributed by atoms with E-state index in [1.807, 2.05) is 0 Å². The Kier molecular flexibility index (Phi) is 8.46. The summed E-state index contributed by atoms with van der Waals surface area (Å²) in [7, 11) is 0.